The van der Waals surface area contributed by atoms with Crippen LogP contribution in [-0.4, -0.2) is 17.7 Å². The molecule has 132 valence electrons. The number of ether oxygens (including phenoxy) is 2. The third kappa shape index (κ3) is 3.01. The highest BCUT2D eigenvalue weighted by atomic mass is 16.5. The quantitative estimate of drug-likeness (QED) is 0.757. The van der Waals surface area contributed by atoms with E-state index in [1.165, 1.54) is 0 Å². The van der Waals surface area contributed by atoms with Crippen molar-refractivity contribution in [2.45, 2.75) is 20.0 Å². The Bertz CT molecular complexity index is 1060. The van der Waals surface area contributed by atoms with E-state index in [2.05, 4.69) is 10.3 Å². The summed E-state index contributed by atoms with van der Waals surface area (Å²) in [4.78, 5) is 27.7. The van der Waals surface area contributed by atoms with Crippen LogP contribution in [0.2, 0.25) is 0 Å². The van der Waals surface area contributed by atoms with Gasteiger partial charge in [-0.25, -0.2) is 4.79 Å². The smallest absolute Gasteiger partial charge is 0.412 e. The first-order valence-corrected chi connectivity index (χ1v) is 8.42. The summed E-state index contributed by atoms with van der Waals surface area (Å²) < 4.78 is 10.7. The number of carbonyl (C=O) groups is 1. The summed E-state index contributed by atoms with van der Waals surface area (Å²) in [5.41, 5.74) is 3.52. The summed E-state index contributed by atoms with van der Waals surface area (Å²) in [6.45, 7) is 2.38. The molecule has 6 nitrogen and oxygen atoms in total. The summed E-state index contributed by atoms with van der Waals surface area (Å²) in [6.07, 6.45) is 0.259. The summed E-state index contributed by atoms with van der Waals surface area (Å²) >= 11 is 0. The number of aromatic nitrogens is 1. The van der Waals surface area contributed by atoms with Crippen molar-refractivity contribution in [1.29, 1.82) is 0 Å². The SMILES string of the molecule is Cc1c(COC(=O)Nc2ccc3c(c2)CCO3)[nH]c2ccccc2c1=O. The van der Waals surface area contributed by atoms with Crippen LogP contribution < -0.4 is 15.5 Å². The standard InChI is InChI=1S/C20H18N2O4/c1-12-17(22-16-5-3-2-4-15(16)19(12)23)11-26-20(24)21-14-6-7-18-13(10-14)8-9-25-18/h2-7,10H,8-9,11H2,1H3,(H,21,24)(H,22,23). The Labute approximate surface area is 149 Å². The van der Waals surface area contributed by atoms with E-state index in [-0.39, 0.29) is 12.0 Å². The van der Waals surface area contributed by atoms with Crippen molar-refractivity contribution in [2.24, 2.45) is 0 Å². The highest BCUT2D eigenvalue weighted by Gasteiger charge is 2.14. The van der Waals surface area contributed by atoms with E-state index in [1.54, 1.807) is 19.1 Å². The van der Waals surface area contributed by atoms with Gasteiger partial charge >= 0.3 is 6.09 Å². The monoisotopic (exact) mass is 350 g/mol. The molecule has 0 saturated carbocycles. The Hall–Kier alpha value is -3.28. The number of H-pyrrole nitrogens is 1. The predicted octanol–water partition coefficient (Wildman–Crippen LogP) is 3.52. The number of rotatable bonds is 3. The fraction of sp³-hybridized carbons (Fsp3) is 0.200. The van der Waals surface area contributed by atoms with Crippen molar-refractivity contribution >= 4 is 22.7 Å². The molecule has 0 saturated heterocycles. The van der Waals surface area contributed by atoms with Gasteiger partial charge in [0.25, 0.3) is 0 Å². The van der Waals surface area contributed by atoms with E-state index < -0.39 is 6.09 Å². The Morgan fingerprint density at radius 2 is 2.12 bits per heavy atom. The highest BCUT2D eigenvalue weighted by Crippen LogP contribution is 2.27. The molecule has 4 rings (SSSR count). The molecular formula is C20H18N2O4. The van der Waals surface area contributed by atoms with E-state index >= 15 is 0 Å². The maximum absolute atomic E-state index is 12.4. The Balaban J connectivity index is 1.47. The molecule has 26 heavy (non-hydrogen) atoms. The maximum Gasteiger partial charge on any atom is 0.412 e. The van der Waals surface area contributed by atoms with Crippen molar-refractivity contribution in [3.05, 3.63) is 69.5 Å². The molecule has 0 unspecified atom stereocenters. The predicted molar refractivity (Wildman–Crippen MR) is 98.8 cm³/mol. The van der Waals surface area contributed by atoms with Crippen LogP contribution in [0.5, 0.6) is 5.75 Å². The average Bonchev–Trinajstić information content (AvgIpc) is 3.11. The summed E-state index contributed by atoms with van der Waals surface area (Å²) in [7, 11) is 0. The van der Waals surface area contributed by atoms with Gasteiger partial charge in [0.15, 0.2) is 5.43 Å². The number of hydrogen-bond donors (Lipinski definition) is 2. The molecule has 0 atom stereocenters. The van der Waals surface area contributed by atoms with Gasteiger partial charge in [0, 0.05) is 28.6 Å². The van der Waals surface area contributed by atoms with Gasteiger partial charge in [-0.2, -0.15) is 0 Å². The second-order valence-electron chi connectivity index (χ2n) is 6.23. The van der Waals surface area contributed by atoms with Crippen molar-refractivity contribution < 1.29 is 14.3 Å². The van der Waals surface area contributed by atoms with Crippen LogP contribution in [0, 0.1) is 6.92 Å². The Kier molecular flexibility index (Phi) is 4.08. The van der Waals surface area contributed by atoms with Crippen LogP contribution in [0.1, 0.15) is 16.8 Å². The number of aromatic amines is 1. The molecule has 3 aromatic rings. The van der Waals surface area contributed by atoms with E-state index in [0.717, 1.165) is 23.3 Å². The summed E-state index contributed by atoms with van der Waals surface area (Å²) in [5.74, 6) is 0.855. The largest absolute Gasteiger partial charge is 0.493 e. The molecular weight excluding hydrogens is 332 g/mol. The van der Waals surface area contributed by atoms with Crippen molar-refractivity contribution in [3.63, 3.8) is 0 Å². The molecule has 0 spiro atoms. The van der Waals surface area contributed by atoms with Gasteiger partial charge in [0.05, 0.1) is 12.3 Å². The average molecular weight is 350 g/mol. The summed E-state index contributed by atoms with van der Waals surface area (Å²) in [5, 5.41) is 3.33. The van der Waals surface area contributed by atoms with Gasteiger partial charge < -0.3 is 14.5 Å². The molecule has 1 aromatic heterocycles. The number of nitrogens with one attached hydrogen (secondary N) is 2. The van der Waals surface area contributed by atoms with Crippen LogP contribution >= 0.6 is 0 Å². The zero-order valence-corrected chi connectivity index (χ0v) is 14.3. The van der Waals surface area contributed by atoms with Crippen LogP contribution in [0.3, 0.4) is 0 Å². The minimum Gasteiger partial charge on any atom is -0.493 e. The lowest BCUT2D eigenvalue weighted by atomic mass is 10.1. The van der Waals surface area contributed by atoms with Crippen LogP contribution in [-0.2, 0) is 17.8 Å². The molecule has 2 N–H and O–H groups in total. The first kappa shape index (κ1) is 16.2. The second kappa shape index (κ2) is 6.55. The lowest BCUT2D eigenvalue weighted by molar-refractivity contribution is 0.153. The number of hydrogen-bond acceptors (Lipinski definition) is 4. The third-order valence-electron chi connectivity index (χ3n) is 4.53. The van der Waals surface area contributed by atoms with Crippen LogP contribution in [0.25, 0.3) is 10.9 Å². The van der Waals surface area contributed by atoms with Gasteiger partial charge in [0.2, 0.25) is 0 Å². The number of anilines is 1. The molecule has 1 aliphatic heterocycles. The van der Waals surface area contributed by atoms with Crippen LogP contribution in [0.15, 0.2) is 47.3 Å². The second-order valence-corrected chi connectivity index (χ2v) is 6.23. The lowest BCUT2D eigenvalue weighted by Crippen LogP contribution is -2.17. The molecule has 2 aromatic carbocycles. The van der Waals surface area contributed by atoms with Crippen molar-refractivity contribution in [1.82, 2.24) is 4.98 Å². The number of pyridine rings is 1. The number of para-hydroxylation sites is 1. The van der Waals surface area contributed by atoms with Crippen LogP contribution in [0.4, 0.5) is 10.5 Å². The van der Waals surface area contributed by atoms with Gasteiger partial charge in [-0.15, -0.1) is 0 Å². The number of fused-ring (bicyclic) bond motifs is 2. The van der Waals surface area contributed by atoms with E-state index in [9.17, 15) is 9.59 Å². The normalized spacial score (nSPS) is 12.5. The highest BCUT2D eigenvalue weighted by molar-refractivity contribution is 5.85. The first-order chi connectivity index (χ1) is 12.6. The molecule has 1 aliphatic rings. The lowest BCUT2D eigenvalue weighted by Gasteiger charge is -2.11. The molecule has 0 bridgehead atoms. The number of carbonyl (C=O) groups excluding carboxylic acids is 1. The third-order valence-corrected chi connectivity index (χ3v) is 4.53. The summed E-state index contributed by atoms with van der Waals surface area (Å²) in [6, 6.07) is 12.8. The zero-order chi connectivity index (χ0) is 18.1. The van der Waals surface area contributed by atoms with Gasteiger partial charge in [-0.05, 0) is 42.8 Å². The van der Waals surface area contributed by atoms with E-state index in [4.69, 9.17) is 9.47 Å². The van der Waals surface area contributed by atoms with Gasteiger partial charge in [0.1, 0.15) is 12.4 Å². The topological polar surface area (TPSA) is 80.4 Å². The van der Waals surface area contributed by atoms with Gasteiger partial charge in [-0.3, -0.25) is 10.1 Å². The first-order valence-electron chi connectivity index (χ1n) is 8.42. The maximum atomic E-state index is 12.4. The molecule has 0 aliphatic carbocycles. The molecule has 1 amide bonds. The van der Waals surface area contributed by atoms with Gasteiger partial charge in [-0.1, -0.05) is 12.1 Å². The molecule has 6 heteroatoms. The molecule has 2 heterocycles. The fourth-order valence-electron chi connectivity index (χ4n) is 3.09. The minimum absolute atomic E-state index is 0.00814. The van der Waals surface area contributed by atoms with E-state index in [0.29, 0.717) is 28.9 Å². The molecule has 0 fully saturated rings. The number of amides is 1. The zero-order valence-electron chi connectivity index (χ0n) is 14.3. The Morgan fingerprint density at radius 1 is 1.27 bits per heavy atom. The molecule has 0 radical (unpaired) electrons. The van der Waals surface area contributed by atoms with Crippen molar-refractivity contribution in [2.75, 3.05) is 11.9 Å². The fourth-order valence-corrected chi connectivity index (χ4v) is 3.09. The van der Waals surface area contributed by atoms with Crippen molar-refractivity contribution in [3.8, 4) is 5.75 Å². The number of benzene rings is 2. The minimum atomic E-state index is -0.572. The van der Waals surface area contributed by atoms with E-state index in [1.807, 2.05) is 30.3 Å². The Morgan fingerprint density at radius 3 is 3.00 bits per heavy atom.